The minimum atomic E-state index is -0.276. The van der Waals surface area contributed by atoms with Gasteiger partial charge in [0.15, 0.2) is 0 Å². The minimum absolute atomic E-state index is 0. The monoisotopic (exact) mass is 406 g/mol. The Bertz CT molecular complexity index is 816. The number of nitrogens with one attached hydrogen (secondary N) is 3. The van der Waals surface area contributed by atoms with Gasteiger partial charge in [-0.25, -0.2) is 4.39 Å². The fourth-order valence-electron chi connectivity index (χ4n) is 3.20. The molecule has 1 aliphatic heterocycles. The molecule has 0 bridgehead atoms. The van der Waals surface area contributed by atoms with Gasteiger partial charge in [0, 0.05) is 44.0 Å². The first-order valence-electron chi connectivity index (χ1n) is 8.89. The van der Waals surface area contributed by atoms with Gasteiger partial charge < -0.3 is 16.0 Å². The van der Waals surface area contributed by atoms with E-state index >= 15 is 0 Å². The average molecular weight is 407 g/mol. The summed E-state index contributed by atoms with van der Waals surface area (Å²) in [5.41, 5.74) is 2.19. The number of rotatable bonds is 5. The van der Waals surface area contributed by atoms with Crippen LogP contribution in [0.1, 0.15) is 18.5 Å². The Morgan fingerprint density at radius 1 is 1.14 bits per heavy atom. The van der Waals surface area contributed by atoms with Crippen LogP contribution in [0.3, 0.4) is 0 Å². The summed E-state index contributed by atoms with van der Waals surface area (Å²) in [5.74, 6) is -0.554. The van der Waals surface area contributed by atoms with E-state index in [2.05, 4.69) is 16.0 Å². The molecule has 0 saturated carbocycles. The van der Waals surface area contributed by atoms with Crippen LogP contribution >= 0.6 is 12.4 Å². The first kappa shape index (κ1) is 21.8. The van der Waals surface area contributed by atoms with Crippen LogP contribution in [-0.4, -0.2) is 42.9 Å². The Labute approximate surface area is 169 Å². The van der Waals surface area contributed by atoms with Crippen molar-refractivity contribution in [2.75, 3.05) is 36.8 Å². The number of nitrogens with zero attached hydrogens (tertiary/aromatic N) is 1. The molecule has 1 heterocycles. The largest absolute Gasteiger partial charge is 0.326 e. The molecule has 1 atom stereocenters. The number of anilines is 2. The van der Waals surface area contributed by atoms with Crippen molar-refractivity contribution in [1.29, 1.82) is 0 Å². The fourth-order valence-corrected chi connectivity index (χ4v) is 3.20. The topological polar surface area (TPSA) is 73.5 Å². The van der Waals surface area contributed by atoms with Gasteiger partial charge in [-0.1, -0.05) is 12.1 Å². The van der Waals surface area contributed by atoms with Crippen LogP contribution in [0, 0.1) is 5.82 Å². The maximum Gasteiger partial charge on any atom is 0.238 e. The van der Waals surface area contributed by atoms with Gasteiger partial charge in [-0.2, -0.15) is 0 Å². The summed E-state index contributed by atoms with van der Waals surface area (Å²) < 4.78 is 13.6. The number of carbonyl (C=O) groups excluding carboxylic acids is 2. The lowest BCUT2D eigenvalue weighted by Crippen LogP contribution is -2.48. The number of carbonyl (C=O) groups is 2. The molecule has 150 valence electrons. The molecule has 1 fully saturated rings. The zero-order valence-electron chi connectivity index (χ0n) is 15.6. The van der Waals surface area contributed by atoms with Crippen LogP contribution in [0.25, 0.3) is 0 Å². The van der Waals surface area contributed by atoms with Crippen molar-refractivity contribution in [3.8, 4) is 0 Å². The van der Waals surface area contributed by atoms with E-state index in [9.17, 15) is 14.0 Å². The summed E-state index contributed by atoms with van der Waals surface area (Å²) in [5, 5.41) is 8.84. The lowest BCUT2D eigenvalue weighted by atomic mass is 10.0. The van der Waals surface area contributed by atoms with Crippen molar-refractivity contribution in [2.45, 2.75) is 13.0 Å². The first-order chi connectivity index (χ1) is 13.0. The number of amides is 2. The van der Waals surface area contributed by atoms with Crippen molar-refractivity contribution in [3.05, 3.63) is 59.9 Å². The molecule has 0 aromatic heterocycles. The predicted molar refractivity (Wildman–Crippen MR) is 110 cm³/mol. The number of piperazine rings is 1. The maximum absolute atomic E-state index is 13.6. The van der Waals surface area contributed by atoms with Crippen LogP contribution in [-0.2, 0) is 9.59 Å². The molecule has 3 N–H and O–H groups in total. The normalized spacial score (nSPS) is 16.7. The molecule has 2 aromatic carbocycles. The van der Waals surface area contributed by atoms with Gasteiger partial charge >= 0.3 is 0 Å². The number of halogens is 2. The second-order valence-corrected chi connectivity index (χ2v) is 6.55. The van der Waals surface area contributed by atoms with E-state index in [1.807, 2.05) is 11.0 Å². The van der Waals surface area contributed by atoms with Crippen molar-refractivity contribution in [1.82, 2.24) is 10.2 Å². The van der Waals surface area contributed by atoms with E-state index in [1.165, 1.54) is 19.1 Å². The Morgan fingerprint density at radius 3 is 2.46 bits per heavy atom. The van der Waals surface area contributed by atoms with Crippen LogP contribution in [0.2, 0.25) is 0 Å². The van der Waals surface area contributed by atoms with Crippen molar-refractivity contribution in [3.63, 3.8) is 0 Å². The maximum atomic E-state index is 13.6. The summed E-state index contributed by atoms with van der Waals surface area (Å²) in [4.78, 5) is 25.6. The van der Waals surface area contributed by atoms with E-state index in [4.69, 9.17) is 0 Å². The van der Waals surface area contributed by atoms with Gasteiger partial charge in [-0.15, -0.1) is 12.4 Å². The van der Waals surface area contributed by atoms with Crippen molar-refractivity contribution < 1.29 is 14.0 Å². The molecule has 3 rings (SSSR count). The van der Waals surface area contributed by atoms with E-state index in [0.29, 0.717) is 24.5 Å². The number of benzene rings is 2. The third-order valence-corrected chi connectivity index (χ3v) is 4.42. The quantitative estimate of drug-likeness (QED) is 0.714. The Balaban J connectivity index is 0.00000280. The number of hydrogen-bond donors (Lipinski definition) is 3. The molecule has 2 aromatic rings. The van der Waals surface area contributed by atoms with E-state index in [1.54, 1.807) is 30.3 Å². The Morgan fingerprint density at radius 2 is 1.82 bits per heavy atom. The van der Waals surface area contributed by atoms with Crippen LogP contribution in [0.5, 0.6) is 0 Å². The number of hydrogen-bond acceptors (Lipinski definition) is 4. The SMILES string of the molecule is CC(=O)Nc1ccc(NC(=O)CN2CCNCC2c2cccc(F)c2)cc1.Cl. The summed E-state index contributed by atoms with van der Waals surface area (Å²) in [6.45, 7) is 3.82. The third-order valence-electron chi connectivity index (χ3n) is 4.42. The highest BCUT2D eigenvalue weighted by Gasteiger charge is 2.25. The second-order valence-electron chi connectivity index (χ2n) is 6.55. The summed E-state index contributed by atoms with van der Waals surface area (Å²) in [6, 6.07) is 13.4. The van der Waals surface area contributed by atoms with Gasteiger partial charge in [0.1, 0.15) is 5.82 Å². The molecule has 1 saturated heterocycles. The summed E-state index contributed by atoms with van der Waals surface area (Å²) >= 11 is 0. The zero-order chi connectivity index (χ0) is 19.2. The molecular formula is C20H24ClFN4O2. The van der Waals surface area contributed by atoms with Crippen LogP contribution in [0.15, 0.2) is 48.5 Å². The standard InChI is InChI=1S/C20H23FN4O2.ClH/c1-14(26)23-17-5-7-18(8-6-17)24-20(27)13-25-10-9-22-12-19(25)15-3-2-4-16(21)11-15;/h2-8,11,19,22H,9-10,12-13H2,1H3,(H,23,26)(H,24,27);1H. The van der Waals surface area contributed by atoms with E-state index in [-0.39, 0.29) is 42.6 Å². The highest BCUT2D eigenvalue weighted by molar-refractivity contribution is 5.93. The molecule has 0 radical (unpaired) electrons. The Kier molecular flexibility index (Phi) is 7.92. The van der Waals surface area contributed by atoms with Gasteiger partial charge in [0.2, 0.25) is 11.8 Å². The zero-order valence-corrected chi connectivity index (χ0v) is 16.4. The fraction of sp³-hybridized carbons (Fsp3) is 0.300. The lowest BCUT2D eigenvalue weighted by Gasteiger charge is -2.36. The first-order valence-corrected chi connectivity index (χ1v) is 8.89. The van der Waals surface area contributed by atoms with Gasteiger partial charge in [0.05, 0.1) is 6.54 Å². The van der Waals surface area contributed by atoms with Crippen molar-refractivity contribution >= 4 is 35.6 Å². The summed E-state index contributed by atoms with van der Waals surface area (Å²) in [6.07, 6.45) is 0. The molecule has 6 nitrogen and oxygen atoms in total. The second kappa shape index (κ2) is 10.2. The molecule has 1 unspecified atom stereocenters. The van der Waals surface area contributed by atoms with Gasteiger partial charge in [0.25, 0.3) is 0 Å². The van der Waals surface area contributed by atoms with Gasteiger partial charge in [-0.3, -0.25) is 14.5 Å². The van der Waals surface area contributed by atoms with Crippen LogP contribution in [0.4, 0.5) is 15.8 Å². The highest BCUT2D eigenvalue weighted by atomic mass is 35.5. The van der Waals surface area contributed by atoms with E-state index < -0.39 is 0 Å². The molecule has 0 spiro atoms. The molecule has 8 heteroatoms. The smallest absolute Gasteiger partial charge is 0.238 e. The highest BCUT2D eigenvalue weighted by Crippen LogP contribution is 2.23. The molecule has 0 aliphatic carbocycles. The minimum Gasteiger partial charge on any atom is -0.326 e. The Hall–Kier alpha value is -2.48. The molecule has 2 amide bonds. The lowest BCUT2D eigenvalue weighted by molar-refractivity contribution is -0.118. The van der Waals surface area contributed by atoms with Gasteiger partial charge in [-0.05, 0) is 42.0 Å². The molecular weight excluding hydrogens is 383 g/mol. The predicted octanol–water partition coefficient (Wildman–Crippen LogP) is 2.79. The molecule has 28 heavy (non-hydrogen) atoms. The van der Waals surface area contributed by atoms with Crippen molar-refractivity contribution in [2.24, 2.45) is 0 Å². The summed E-state index contributed by atoms with van der Waals surface area (Å²) in [7, 11) is 0. The third kappa shape index (κ3) is 6.02. The van der Waals surface area contributed by atoms with E-state index in [0.717, 1.165) is 12.1 Å². The molecule has 1 aliphatic rings. The van der Waals surface area contributed by atoms with Crippen LogP contribution < -0.4 is 16.0 Å². The average Bonchev–Trinajstić information content (AvgIpc) is 2.63.